The Bertz CT molecular complexity index is 932. The van der Waals surface area contributed by atoms with E-state index in [4.69, 9.17) is 5.26 Å². The molecule has 0 aliphatic carbocycles. The number of carbonyl (C=O) groups excluding carboxylic acids is 1. The maximum atomic E-state index is 12.3. The van der Waals surface area contributed by atoms with Gasteiger partial charge < -0.3 is 10.6 Å². The van der Waals surface area contributed by atoms with Crippen molar-refractivity contribution in [2.75, 3.05) is 10.6 Å². The summed E-state index contributed by atoms with van der Waals surface area (Å²) in [6.07, 6.45) is 2.94. The summed E-state index contributed by atoms with van der Waals surface area (Å²) in [4.78, 5) is 20.7. The van der Waals surface area contributed by atoms with Crippen LogP contribution in [-0.2, 0) is 0 Å². The van der Waals surface area contributed by atoms with Crippen LogP contribution in [0.1, 0.15) is 34.5 Å². The highest BCUT2D eigenvalue weighted by atomic mass is 16.1. The zero-order valence-corrected chi connectivity index (χ0v) is 14.2. The van der Waals surface area contributed by atoms with E-state index in [-0.39, 0.29) is 11.9 Å². The third-order valence-electron chi connectivity index (χ3n) is 3.81. The maximum absolute atomic E-state index is 12.3. The van der Waals surface area contributed by atoms with E-state index in [0.29, 0.717) is 22.8 Å². The lowest BCUT2D eigenvalue weighted by Crippen LogP contribution is -2.14. The van der Waals surface area contributed by atoms with Crippen molar-refractivity contribution >= 4 is 17.5 Å². The molecule has 0 fully saturated rings. The molecular formula is C20H17N5O. The topological polar surface area (TPSA) is 90.7 Å². The average Bonchev–Trinajstić information content (AvgIpc) is 2.69. The Morgan fingerprint density at radius 3 is 2.50 bits per heavy atom. The molecule has 6 nitrogen and oxygen atoms in total. The molecular weight excluding hydrogens is 326 g/mol. The number of nitriles is 1. The summed E-state index contributed by atoms with van der Waals surface area (Å²) >= 11 is 0. The molecule has 0 radical (unpaired) electrons. The van der Waals surface area contributed by atoms with Crippen molar-refractivity contribution in [2.45, 2.75) is 13.0 Å². The van der Waals surface area contributed by atoms with Crippen molar-refractivity contribution in [3.8, 4) is 6.07 Å². The summed E-state index contributed by atoms with van der Waals surface area (Å²) in [7, 11) is 0. The van der Waals surface area contributed by atoms with E-state index in [2.05, 4.69) is 20.6 Å². The highest BCUT2D eigenvalue weighted by molar-refractivity contribution is 6.03. The van der Waals surface area contributed by atoms with E-state index in [0.717, 1.165) is 5.56 Å². The highest BCUT2D eigenvalue weighted by Crippen LogP contribution is 2.16. The van der Waals surface area contributed by atoms with Crippen molar-refractivity contribution < 1.29 is 4.79 Å². The van der Waals surface area contributed by atoms with Crippen LogP contribution >= 0.6 is 0 Å². The zero-order valence-electron chi connectivity index (χ0n) is 14.2. The molecule has 26 heavy (non-hydrogen) atoms. The van der Waals surface area contributed by atoms with Gasteiger partial charge in [0.25, 0.3) is 5.91 Å². The third kappa shape index (κ3) is 4.22. The van der Waals surface area contributed by atoms with Crippen LogP contribution in [0.4, 0.5) is 11.6 Å². The van der Waals surface area contributed by atoms with Crippen molar-refractivity contribution in [2.24, 2.45) is 0 Å². The molecule has 0 saturated heterocycles. The lowest BCUT2D eigenvalue weighted by molar-refractivity contribution is 0.102. The lowest BCUT2D eigenvalue weighted by atomic mass is 10.1. The number of aromatic nitrogens is 2. The largest absolute Gasteiger partial charge is 0.348 e. The number of hydrogen-bond acceptors (Lipinski definition) is 5. The van der Waals surface area contributed by atoms with Crippen molar-refractivity contribution in [3.63, 3.8) is 0 Å². The number of carbonyl (C=O) groups is 1. The SMILES string of the molecule is CC(Nc1ncc(C(=O)Nc2cccc(C#N)c2)cn1)c1ccccc1. The number of anilines is 2. The maximum Gasteiger partial charge on any atom is 0.258 e. The average molecular weight is 343 g/mol. The van der Waals surface area contributed by atoms with Gasteiger partial charge in [-0.3, -0.25) is 4.79 Å². The van der Waals surface area contributed by atoms with Crippen LogP contribution in [0.3, 0.4) is 0 Å². The summed E-state index contributed by atoms with van der Waals surface area (Å²) in [5, 5.41) is 14.8. The van der Waals surface area contributed by atoms with Gasteiger partial charge in [-0.1, -0.05) is 36.4 Å². The molecule has 0 bridgehead atoms. The quantitative estimate of drug-likeness (QED) is 0.736. The number of amides is 1. The smallest absolute Gasteiger partial charge is 0.258 e. The summed E-state index contributed by atoms with van der Waals surface area (Å²) < 4.78 is 0. The number of benzene rings is 2. The van der Waals surface area contributed by atoms with Crippen LogP contribution in [0.5, 0.6) is 0 Å². The summed E-state index contributed by atoms with van der Waals surface area (Å²) in [5.74, 6) is 0.118. The second kappa shape index (κ2) is 7.90. The molecule has 0 aliphatic rings. The van der Waals surface area contributed by atoms with Crippen LogP contribution in [0.15, 0.2) is 67.0 Å². The van der Waals surface area contributed by atoms with Crippen LogP contribution in [0.2, 0.25) is 0 Å². The fourth-order valence-corrected chi connectivity index (χ4v) is 2.41. The molecule has 1 unspecified atom stereocenters. The van der Waals surface area contributed by atoms with Crippen molar-refractivity contribution in [3.05, 3.63) is 83.7 Å². The van der Waals surface area contributed by atoms with Crippen LogP contribution in [0, 0.1) is 11.3 Å². The van der Waals surface area contributed by atoms with Gasteiger partial charge in [-0.25, -0.2) is 9.97 Å². The van der Waals surface area contributed by atoms with Crippen molar-refractivity contribution in [1.29, 1.82) is 5.26 Å². The standard InChI is InChI=1S/C20H17N5O/c1-14(16-7-3-2-4-8-16)24-20-22-12-17(13-23-20)19(26)25-18-9-5-6-15(10-18)11-21/h2-10,12-14H,1H3,(H,25,26)(H,22,23,24). The van der Waals surface area contributed by atoms with E-state index in [1.807, 2.05) is 43.3 Å². The molecule has 2 N–H and O–H groups in total. The van der Waals surface area contributed by atoms with Gasteiger partial charge in [0.2, 0.25) is 5.95 Å². The first-order valence-electron chi connectivity index (χ1n) is 8.11. The third-order valence-corrected chi connectivity index (χ3v) is 3.81. The molecule has 0 spiro atoms. The molecule has 0 aliphatic heterocycles. The second-order valence-corrected chi connectivity index (χ2v) is 5.72. The number of nitrogens with zero attached hydrogens (tertiary/aromatic N) is 3. The highest BCUT2D eigenvalue weighted by Gasteiger charge is 2.10. The molecule has 1 aromatic heterocycles. The van der Waals surface area contributed by atoms with E-state index in [1.165, 1.54) is 12.4 Å². The zero-order chi connectivity index (χ0) is 18.4. The van der Waals surface area contributed by atoms with Gasteiger partial charge in [0.1, 0.15) is 0 Å². The Hall–Kier alpha value is -3.72. The minimum absolute atomic E-state index is 0.0459. The molecule has 3 aromatic rings. The fourth-order valence-electron chi connectivity index (χ4n) is 2.41. The van der Waals surface area contributed by atoms with Gasteiger partial charge in [-0.15, -0.1) is 0 Å². The van der Waals surface area contributed by atoms with Gasteiger partial charge in [-0.2, -0.15) is 5.26 Å². The molecule has 1 atom stereocenters. The minimum atomic E-state index is -0.331. The fraction of sp³-hybridized carbons (Fsp3) is 0.100. The first kappa shape index (κ1) is 17.1. The Balaban J connectivity index is 1.65. The molecule has 3 rings (SSSR count). The predicted molar refractivity (Wildman–Crippen MR) is 99.6 cm³/mol. The predicted octanol–water partition coefficient (Wildman–Crippen LogP) is 3.77. The number of hydrogen-bond donors (Lipinski definition) is 2. The van der Waals surface area contributed by atoms with Crippen LogP contribution < -0.4 is 10.6 Å². The Labute approximate surface area is 151 Å². The van der Waals surface area contributed by atoms with Gasteiger partial charge in [0.15, 0.2) is 0 Å². The molecule has 0 saturated carbocycles. The van der Waals surface area contributed by atoms with Gasteiger partial charge >= 0.3 is 0 Å². The molecule has 6 heteroatoms. The van der Waals surface area contributed by atoms with Gasteiger partial charge in [0.05, 0.1) is 23.2 Å². The Morgan fingerprint density at radius 2 is 1.81 bits per heavy atom. The van der Waals surface area contributed by atoms with E-state index in [9.17, 15) is 4.79 Å². The molecule has 128 valence electrons. The normalized spacial score (nSPS) is 11.2. The van der Waals surface area contributed by atoms with Gasteiger partial charge in [-0.05, 0) is 30.7 Å². The van der Waals surface area contributed by atoms with Crippen LogP contribution in [-0.4, -0.2) is 15.9 Å². The Morgan fingerprint density at radius 1 is 1.08 bits per heavy atom. The van der Waals surface area contributed by atoms with Gasteiger partial charge in [0, 0.05) is 18.1 Å². The van der Waals surface area contributed by atoms with E-state index >= 15 is 0 Å². The molecule has 2 aromatic carbocycles. The molecule has 1 amide bonds. The first-order chi connectivity index (χ1) is 12.7. The van der Waals surface area contributed by atoms with Crippen molar-refractivity contribution in [1.82, 2.24) is 9.97 Å². The first-order valence-corrected chi connectivity index (χ1v) is 8.11. The summed E-state index contributed by atoms with van der Waals surface area (Å²) in [5.41, 5.74) is 2.49. The minimum Gasteiger partial charge on any atom is -0.348 e. The lowest BCUT2D eigenvalue weighted by Gasteiger charge is -2.14. The van der Waals surface area contributed by atoms with Crippen LogP contribution in [0.25, 0.3) is 0 Å². The van der Waals surface area contributed by atoms with E-state index in [1.54, 1.807) is 24.3 Å². The van der Waals surface area contributed by atoms with E-state index < -0.39 is 0 Å². The Kier molecular flexibility index (Phi) is 5.20. The molecule has 1 heterocycles. The number of rotatable bonds is 5. The monoisotopic (exact) mass is 343 g/mol. The summed E-state index contributed by atoms with van der Waals surface area (Å²) in [6, 6.07) is 18.8. The second-order valence-electron chi connectivity index (χ2n) is 5.72. The summed E-state index contributed by atoms with van der Waals surface area (Å²) in [6.45, 7) is 2.02. The number of nitrogens with one attached hydrogen (secondary N) is 2.